The van der Waals surface area contributed by atoms with Crippen LogP contribution < -0.4 is 10.1 Å². The summed E-state index contributed by atoms with van der Waals surface area (Å²) in [5.41, 5.74) is 1.31. The van der Waals surface area contributed by atoms with Crippen LogP contribution in [-0.2, 0) is 6.42 Å². The molecule has 128 valence electrons. The number of para-hydroxylation sites is 1. The number of benzene rings is 1. The minimum absolute atomic E-state index is 0. The summed E-state index contributed by atoms with van der Waals surface area (Å²) in [6.07, 6.45) is 2.50. The topological polar surface area (TPSA) is 36.9 Å². The second kappa shape index (κ2) is 8.22. The van der Waals surface area contributed by atoms with Gasteiger partial charge in [-0.3, -0.25) is 4.99 Å². The van der Waals surface area contributed by atoms with Gasteiger partial charge in [-0.1, -0.05) is 32.0 Å². The van der Waals surface area contributed by atoms with Crippen LogP contribution >= 0.6 is 24.0 Å². The van der Waals surface area contributed by atoms with E-state index in [-0.39, 0.29) is 30.1 Å². The summed E-state index contributed by atoms with van der Waals surface area (Å²) in [5.74, 6) is 3.51. The second-order valence-corrected chi connectivity index (χ2v) is 6.83. The van der Waals surface area contributed by atoms with Crippen molar-refractivity contribution in [1.82, 2.24) is 10.2 Å². The lowest BCUT2D eigenvalue weighted by atomic mass is 9.92. The van der Waals surface area contributed by atoms with Crippen molar-refractivity contribution >= 4 is 29.9 Å². The quantitative estimate of drug-likeness (QED) is 0.446. The largest absolute Gasteiger partial charge is 0.488 e. The number of likely N-dealkylation sites (tertiary alicyclic amines) is 1. The van der Waals surface area contributed by atoms with Crippen LogP contribution in [0, 0.1) is 11.8 Å². The lowest BCUT2D eigenvalue weighted by molar-refractivity contribution is 0.201. The summed E-state index contributed by atoms with van der Waals surface area (Å²) in [7, 11) is 1.87. The van der Waals surface area contributed by atoms with Gasteiger partial charge in [0.1, 0.15) is 11.9 Å². The third-order valence-corrected chi connectivity index (χ3v) is 4.58. The molecule has 1 N–H and O–H groups in total. The Morgan fingerprint density at radius 3 is 2.61 bits per heavy atom. The average molecular weight is 429 g/mol. The van der Waals surface area contributed by atoms with E-state index >= 15 is 0 Å². The Morgan fingerprint density at radius 1 is 1.26 bits per heavy atom. The molecular weight excluding hydrogens is 401 g/mol. The first-order valence-corrected chi connectivity index (χ1v) is 8.36. The van der Waals surface area contributed by atoms with Gasteiger partial charge in [-0.25, -0.2) is 0 Å². The molecule has 0 aromatic heterocycles. The highest BCUT2D eigenvalue weighted by Gasteiger charge is 2.26. The lowest BCUT2D eigenvalue weighted by Gasteiger charge is -2.37. The van der Waals surface area contributed by atoms with Gasteiger partial charge in [0.15, 0.2) is 5.96 Å². The molecule has 2 aliphatic heterocycles. The summed E-state index contributed by atoms with van der Waals surface area (Å²) in [5, 5.41) is 3.51. The Hall–Kier alpha value is -0.980. The fraction of sp³-hybridized carbons (Fsp3) is 0.611. The number of guanidine groups is 1. The normalized spacial score (nSPS) is 27.0. The molecule has 2 heterocycles. The number of nitrogens with zero attached hydrogens (tertiary/aromatic N) is 2. The van der Waals surface area contributed by atoms with Crippen LogP contribution in [0.4, 0.5) is 0 Å². The first kappa shape index (κ1) is 18.4. The van der Waals surface area contributed by atoms with Crippen molar-refractivity contribution in [2.24, 2.45) is 16.8 Å². The smallest absolute Gasteiger partial charge is 0.193 e. The van der Waals surface area contributed by atoms with Gasteiger partial charge in [-0.2, -0.15) is 0 Å². The number of fused-ring (bicyclic) bond motifs is 1. The molecule has 4 nitrogen and oxygen atoms in total. The van der Waals surface area contributed by atoms with Crippen molar-refractivity contribution in [3.05, 3.63) is 29.8 Å². The van der Waals surface area contributed by atoms with E-state index in [2.05, 4.69) is 47.3 Å². The Kier molecular flexibility index (Phi) is 6.56. The SMILES string of the molecule is CN=C(NCC1Cc2ccccc2O1)N1CC(C)CC(C)C1.I. The van der Waals surface area contributed by atoms with E-state index in [1.165, 1.54) is 12.0 Å². The summed E-state index contributed by atoms with van der Waals surface area (Å²) in [4.78, 5) is 6.86. The van der Waals surface area contributed by atoms with Crippen LogP contribution in [0.1, 0.15) is 25.8 Å². The molecule has 0 saturated carbocycles. The zero-order valence-electron chi connectivity index (χ0n) is 14.3. The zero-order valence-corrected chi connectivity index (χ0v) is 16.6. The summed E-state index contributed by atoms with van der Waals surface area (Å²) < 4.78 is 6.00. The number of ether oxygens (including phenoxy) is 1. The molecule has 1 aromatic carbocycles. The molecule has 0 aliphatic carbocycles. The van der Waals surface area contributed by atoms with E-state index in [1.54, 1.807) is 0 Å². The number of hydrogen-bond donors (Lipinski definition) is 1. The zero-order chi connectivity index (χ0) is 15.5. The number of piperidine rings is 1. The van der Waals surface area contributed by atoms with Gasteiger partial charge in [0.05, 0.1) is 6.54 Å². The molecule has 23 heavy (non-hydrogen) atoms. The standard InChI is InChI=1S/C18H27N3O.HI/c1-13-8-14(2)12-21(11-13)18(19-3)20-10-16-9-15-6-4-5-7-17(15)22-16;/h4-7,13-14,16H,8-12H2,1-3H3,(H,19,20);1H. The third kappa shape index (κ3) is 4.52. The predicted molar refractivity (Wildman–Crippen MR) is 106 cm³/mol. The van der Waals surface area contributed by atoms with Crippen LogP contribution in [0.3, 0.4) is 0 Å². The molecule has 3 rings (SSSR count). The van der Waals surface area contributed by atoms with E-state index in [1.807, 2.05) is 13.1 Å². The van der Waals surface area contributed by atoms with Gasteiger partial charge in [0, 0.05) is 26.6 Å². The van der Waals surface area contributed by atoms with Crippen molar-refractivity contribution in [3.63, 3.8) is 0 Å². The molecule has 3 unspecified atom stereocenters. The molecule has 1 aromatic rings. The highest BCUT2D eigenvalue weighted by atomic mass is 127. The molecule has 0 spiro atoms. The van der Waals surface area contributed by atoms with Crippen LogP contribution in [0.25, 0.3) is 0 Å². The number of aliphatic imine (C=N–C) groups is 1. The van der Waals surface area contributed by atoms with E-state index in [0.717, 1.165) is 49.6 Å². The monoisotopic (exact) mass is 429 g/mol. The second-order valence-electron chi connectivity index (χ2n) is 6.83. The molecule has 0 radical (unpaired) electrons. The molecule has 2 aliphatic rings. The van der Waals surface area contributed by atoms with Crippen molar-refractivity contribution < 1.29 is 4.74 Å². The summed E-state index contributed by atoms with van der Waals surface area (Å²) >= 11 is 0. The van der Waals surface area contributed by atoms with Crippen molar-refractivity contribution in [3.8, 4) is 5.75 Å². The Balaban J connectivity index is 0.00000192. The maximum absolute atomic E-state index is 6.00. The van der Waals surface area contributed by atoms with Crippen LogP contribution in [0.5, 0.6) is 5.75 Å². The van der Waals surface area contributed by atoms with Crippen LogP contribution in [-0.4, -0.2) is 43.6 Å². The number of rotatable bonds is 2. The fourth-order valence-electron chi connectivity index (χ4n) is 3.74. The highest BCUT2D eigenvalue weighted by molar-refractivity contribution is 14.0. The predicted octanol–water partition coefficient (Wildman–Crippen LogP) is 3.16. The van der Waals surface area contributed by atoms with Crippen molar-refractivity contribution in [1.29, 1.82) is 0 Å². The number of nitrogens with one attached hydrogen (secondary N) is 1. The van der Waals surface area contributed by atoms with E-state index < -0.39 is 0 Å². The average Bonchev–Trinajstić information content (AvgIpc) is 2.89. The maximum Gasteiger partial charge on any atom is 0.193 e. The lowest BCUT2D eigenvalue weighted by Crippen LogP contribution is -2.50. The van der Waals surface area contributed by atoms with E-state index in [0.29, 0.717) is 0 Å². The van der Waals surface area contributed by atoms with Gasteiger partial charge >= 0.3 is 0 Å². The van der Waals surface area contributed by atoms with E-state index in [9.17, 15) is 0 Å². The maximum atomic E-state index is 6.00. The van der Waals surface area contributed by atoms with Gasteiger partial charge in [-0.05, 0) is 29.9 Å². The summed E-state index contributed by atoms with van der Waals surface area (Å²) in [6.45, 7) is 7.64. The summed E-state index contributed by atoms with van der Waals surface area (Å²) in [6, 6.07) is 8.31. The number of hydrogen-bond acceptors (Lipinski definition) is 2. The molecule has 0 amide bonds. The molecule has 1 saturated heterocycles. The molecule has 3 atom stereocenters. The highest BCUT2D eigenvalue weighted by Crippen LogP contribution is 2.27. The van der Waals surface area contributed by atoms with Gasteiger partial charge in [0.25, 0.3) is 0 Å². The Morgan fingerprint density at radius 2 is 1.96 bits per heavy atom. The van der Waals surface area contributed by atoms with Crippen molar-refractivity contribution in [2.75, 3.05) is 26.7 Å². The number of halogens is 1. The minimum Gasteiger partial charge on any atom is -0.488 e. The van der Waals surface area contributed by atoms with E-state index in [4.69, 9.17) is 4.74 Å². The van der Waals surface area contributed by atoms with Gasteiger partial charge in [0.2, 0.25) is 0 Å². The minimum atomic E-state index is 0. The molecular formula is C18H28IN3O. The first-order valence-electron chi connectivity index (χ1n) is 8.36. The Bertz CT molecular complexity index is 514. The van der Waals surface area contributed by atoms with Gasteiger partial charge < -0.3 is 15.0 Å². The molecule has 5 heteroatoms. The first-order chi connectivity index (χ1) is 10.7. The molecule has 0 bridgehead atoms. The fourth-order valence-corrected chi connectivity index (χ4v) is 3.74. The third-order valence-electron chi connectivity index (χ3n) is 4.58. The van der Waals surface area contributed by atoms with Crippen LogP contribution in [0.15, 0.2) is 29.3 Å². The van der Waals surface area contributed by atoms with Gasteiger partial charge in [-0.15, -0.1) is 24.0 Å². The van der Waals surface area contributed by atoms with Crippen LogP contribution in [0.2, 0.25) is 0 Å². The molecule has 1 fully saturated rings. The van der Waals surface area contributed by atoms with Crippen molar-refractivity contribution in [2.45, 2.75) is 32.8 Å². The Labute approximate surface area is 156 Å².